The van der Waals surface area contributed by atoms with Crippen molar-refractivity contribution >= 4 is 5.91 Å². The number of benzene rings is 2. The summed E-state index contributed by atoms with van der Waals surface area (Å²) in [5, 5.41) is 3.27. The lowest BCUT2D eigenvalue weighted by atomic mass is 9.96. The zero-order valence-corrected chi connectivity index (χ0v) is 16.8. The topological polar surface area (TPSA) is 50.8 Å². The quantitative estimate of drug-likeness (QED) is 0.784. The summed E-state index contributed by atoms with van der Waals surface area (Å²) in [4.78, 5) is 15.1. The highest BCUT2D eigenvalue weighted by atomic mass is 16.7. The monoisotopic (exact) mass is 394 g/mol. The van der Waals surface area contributed by atoms with E-state index in [2.05, 4.69) is 34.5 Å². The van der Waals surface area contributed by atoms with Crippen LogP contribution in [0, 0.1) is 5.92 Å². The fourth-order valence-corrected chi connectivity index (χ4v) is 4.26. The summed E-state index contributed by atoms with van der Waals surface area (Å²) in [6, 6.07) is 20.5. The van der Waals surface area contributed by atoms with E-state index in [4.69, 9.17) is 9.47 Å². The van der Waals surface area contributed by atoms with Gasteiger partial charge in [-0.3, -0.25) is 9.69 Å². The lowest BCUT2D eigenvalue weighted by Gasteiger charge is -2.33. The SMILES string of the molecule is O=C(CN1CCC(C2OCCO2)CC1)NC(Cc1ccccc1)c1ccccc1. The van der Waals surface area contributed by atoms with Crippen molar-refractivity contribution in [2.75, 3.05) is 32.8 Å². The number of nitrogens with zero attached hydrogens (tertiary/aromatic N) is 1. The molecule has 2 saturated heterocycles. The third-order valence-electron chi connectivity index (χ3n) is 5.85. The highest BCUT2D eigenvalue weighted by Crippen LogP contribution is 2.25. The lowest BCUT2D eigenvalue weighted by Crippen LogP contribution is -2.44. The molecule has 2 heterocycles. The van der Waals surface area contributed by atoms with Crippen LogP contribution in [0.3, 0.4) is 0 Å². The van der Waals surface area contributed by atoms with E-state index in [0.29, 0.717) is 25.7 Å². The molecule has 2 aliphatic heterocycles. The Hall–Kier alpha value is -2.21. The molecule has 2 aromatic rings. The Balaban J connectivity index is 1.32. The van der Waals surface area contributed by atoms with Crippen molar-refractivity contribution in [2.45, 2.75) is 31.6 Å². The Morgan fingerprint density at radius 1 is 0.966 bits per heavy atom. The van der Waals surface area contributed by atoms with Crippen LogP contribution in [-0.2, 0) is 20.7 Å². The number of rotatable bonds is 7. The van der Waals surface area contributed by atoms with E-state index >= 15 is 0 Å². The predicted octanol–water partition coefficient (Wildman–Crippen LogP) is 3.17. The molecule has 2 fully saturated rings. The summed E-state index contributed by atoms with van der Waals surface area (Å²) in [6.45, 7) is 3.67. The van der Waals surface area contributed by atoms with Gasteiger partial charge in [0.1, 0.15) is 0 Å². The first kappa shape index (κ1) is 20.1. The van der Waals surface area contributed by atoms with Crippen molar-refractivity contribution in [1.29, 1.82) is 0 Å². The van der Waals surface area contributed by atoms with Gasteiger partial charge in [-0.25, -0.2) is 0 Å². The van der Waals surface area contributed by atoms with Crippen molar-refractivity contribution in [3.63, 3.8) is 0 Å². The van der Waals surface area contributed by atoms with Crippen molar-refractivity contribution in [3.05, 3.63) is 71.8 Å². The molecular formula is C24H30N2O3. The minimum atomic E-state index is -0.0423. The second kappa shape index (κ2) is 10.0. The first-order valence-corrected chi connectivity index (χ1v) is 10.6. The number of ether oxygens (including phenoxy) is 2. The number of carbonyl (C=O) groups excluding carboxylic acids is 1. The van der Waals surface area contributed by atoms with Crippen LogP contribution < -0.4 is 5.32 Å². The van der Waals surface area contributed by atoms with Gasteiger partial charge in [-0.2, -0.15) is 0 Å². The molecule has 4 rings (SSSR count). The van der Waals surface area contributed by atoms with Crippen molar-refractivity contribution < 1.29 is 14.3 Å². The van der Waals surface area contributed by atoms with Crippen LogP contribution in [0.25, 0.3) is 0 Å². The van der Waals surface area contributed by atoms with Gasteiger partial charge in [0.25, 0.3) is 0 Å². The molecule has 5 heteroatoms. The first-order chi connectivity index (χ1) is 14.3. The summed E-state index contributed by atoms with van der Waals surface area (Å²) < 4.78 is 11.3. The van der Waals surface area contributed by atoms with E-state index in [1.165, 1.54) is 5.56 Å². The highest BCUT2D eigenvalue weighted by molar-refractivity contribution is 5.78. The Kier molecular flexibility index (Phi) is 6.93. The normalized spacial score (nSPS) is 19.9. The Labute approximate surface area is 173 Å². The molecule has 0 bridgehead atoms. The predicted molar refractivity (Wildman–Crippen MR) is 112 cm³/mol. The molecule has 1 N–H and O–H groups in total. The van der Waals surface area contributed by atoms with Crippen LogP contribution in [-0.4, -0.2) is 49.9 Å². The Morgan fingerprint density at radius 2 is 1.59 bits per heavy atom. The zero-order chi connectivity index (χ0) is 19.9. The van der Waals surface area contributed by atoms with Gasteiger partial charge in [-0.05, 0) is 43.5 Å². The maximum Gasteiger partial charge on any atom is 0.234 e. The molecule has 154 valence electrons. The molecule has 5 nitrogen and oxygen atoms in total. The molecule has 0 radical (unpaired) electrons. The number of hydrogen-bond donors (Lipinski definition) is 1. The minimum Gasteiger partial charge on any atom is -0.350 e. The fourth-order valence-electron chi connectivity index (χ4n) is 4.26. The largest absolute Gasteiger partial charge is 0.350 e. The van der Waals surface area contributed by atoms with Gasteiger partial charge >= 0.3 is 0 Å². The van der Waals surface area contributed by atoms with Crippen molar-refractivity contribution in [1.82, 2.24) is 10.2 Å². The maximum absolute atomic E-state index is 12.8. The molecule has 1 amide bonds. The van der Waals surface area contributed by atoms with Gasteiger partial charge in [-0.15, -0.1) is 0 Å². The van der Waals surface area contributed by atoms with Crippen LogP contribution in [0.4, 0.5) is 0 Å². The molecule has 29 heavy (non-hydrogen) atoms. The van der Waals surface area contributed by atoms with Gasteiger partial charge in [0.15, 0.2) is 6.29 Å². The molecule has 2 aliphatic rings. The molecule has 0 aliphatic carbocycles. The van der Waals surface area contributed by atoms with Gasteiger partial charge in [0, 0.05) is 5.92 Å². The van der Waals surface area contributed by atoms with E-state index in [0.717, 1.165) is 37.9 Å². The summed E-state index contributed by atoms with van der Waals surface area (Å²) in [5.41, 5.74) is 2.36. The fraction of sp³-hybridized carbons (Fsp3) is 0.458. The van der Waals surface area contributed by atoms with Gasteiger partial charge in [-0.1, -0.05) is 60.7 Å². The number of amides is 1. The smallest absolute Gasteiger partial charge is 0.234 e. The zero-order valence-electron chi connectivity index (χ0n) is 16.8. The minimum absolute atomic E-state index is 0.0241. The van der Waals surface area contributed by atoms with Crippen LogP contribution in [0.15, 0.2) is 60.7 Å². The second-order valence-corrected chi connectivity index (χ2v) is 7.94. The number of carbonyl (C=O) groups is 1. The van der Waals surface area contributed by atoms with E-state index in [-0.39, 0.29) is 18.2 Å². The molecule has 1 unspecified atom stereocenters. The van der Waals surface area contributed by atoms with E-state index in [9.17, 15) is 4.79 Å². The second-order valence-electron chi connectivity index (χ2n) is 7.94. The standard InChI is InChI=1S/C24H30N2O3/c27-23(18-26-13-11-21(12-14-26)24-28-15-16-29-24)25-22(20-9-5-2-6-10-20)17-19-7-3-1-4-8-19/h1-10,21-22,24H,11-18H2,(H,25,27). The molecule has 0 spiro atoms. The van der Waals surface area contributed by atoms with Crippen LogP contribution in [0.2, 0.25) is 0 Å². The van der Waals surface area contributed by atoms with Crippen LogP contribution in [0.1, 0.15) is 30.0 Å². The maximum atomic E-state index is 12.8. The van der Waals surface area contributed by atoms with E-state index in [1.807, 2.05) is 36.4 Å². The van der Waals surface area contributed by atoms with Gasteiger partial charge in [0.2, 0.25) is 5.91 Å². The number of nitrogens with one attached hydrogen (secondary N) is 1. The Bertz CT molecular complexity index is 754. The summed E-state index contributed by atoms with van der Waals surface area (Å²) >= 11 is 0. The molecule has 1 atom stereocenters. The van der Waals surface area contributed by atoms with Crippen molar-refractivity contribution in [2.24, 2.45) is 5.92 Å². The highest BCUT2D eigenvalue weighted by Gasteiger charge is 2.31. The third kappa shape index (κ3) is 5.66. The summed E-state index contributed by atoms with van der Waals surface area (Å²) in [7, 11) is 0. The van der Waals surface area contributed by atoms with Crippen molar-refractivity contribution in [3.8, 4) is 0 Å². The van der Waals surface area contributed by atoms with Gasteiger partial charge < -0.3 is 14.8 Å². The van der Waals surface area contributed by atoms with E-state index < -0.39 is 0 Å². The number of likely N-dealkylation sites (tertiary alicyclic amines) is 1. The molecular weight excluding hydrogens is 364 g/mol. The average molecular weight is 395 g/mol. The van der Waals surface area contributed by atoms with Gasteiger partial charge in [0.05, 0.1) is 25.8 Å². The van der Waals surface area contributed by atoms with Crippen LogP contribution in [0.5, 0.6) is 0 Å². The summed E-state index contributed by atoms with van der Waals surface area (Å²) in [6.07, 6.45) is 2.78. The number of hydrogen-bond acceptors (Lipinski definition) is 4. The molecule has 0 saturated carbocycles. The Morgan fingerprint density at radius 3 is 2.24 bits per heavy atom. The average Bonchev–Trinajstić information content (AvgIpc) is 3.30. The summed E-state index contributed by atoms with van der Waals surface area (Å²) in [5.74, 6) is 0.536. The van der Waals surface area contributed by atoms with E-state index in [1.54, 1.807) is 0 Å². The number of piperidine rings is 1. The third-order valence-corrected chi connectivity index (χ3v) is 5.85. The molecule has 2 aromatic carbocycles. The lowest BCUT2D eigenvalue weighted by molar-refractivity contribution is -0.124. The van der Waals surface area contributed by atoms with Crippen LogP contribution >= 0.6 is 0 Å². The molecule has 0 aromatic heterocycles. The first-order valence-electron chi connectivity index (χ1n) is 10.6.